The van der Waals surface area contributed by atoms with Crippen molar-refractivity contribution in [3.8, 4) is 0 Å². The highest BCUT2D eigenvalue weighted by Crippen LogP contribution is 2.20. The summed E-state index contributed by atoms with van der Waals surface area (Å²) in [7, 11) is 0. The van der Waals surface area contributed by atoms with E-state index in [1.807, 2.05) is 55.5 Å². The number of hydrogen-bond donors (Lipinski definition) is 0. The van der Waals surface area contributed by atoms with E-state index in [9.17, 15) is 4.79 Å². The Balaban J connectivity index is 2.05. The van der Waals surface area contributed by atoms with Crippen LogP contribution in [0.15, 0.2) is 59.2 Å². The second kappa shape index (κ2) is 5.17. The molecule has 0 atom stereocenters. The van der Waals surface area contributed by atoms with Crippen molar-refractivity contribution in [1.82, 2.24) is 4.98 Å². The van der Waals surface area contributed by atoms with Crippen LogP contribution in [0.5, 0.6) is 0 Å². The Bertz CT molecular complexity index is 811. The number of fused-ring (bicyclic) bond motifs is 1. The summed E-state index contributed by atoms with van der Waals surface area (Å²) in [6, 6.07) is 15.1. The molecule has 0 bridgehead atoms. The Labute approximate surface area is 125 Å². The number of ketones is 1. The number of aryl methyl sites for hydroxylation is 1. The highest BCUT2D eigenvalue weighted by molar-refractivity contribution is 9.10. The highest BCUT2D eigenvalue weighted by Gasteiger charge is 2.10. The molecule has 1 heterocycles. The third kappa shape index (κ3) is 2.37. The van der Waals surface area contributed by atoms with E-state index in [2.05, 4.69) is 20.9 Å². The van der Waals surface area contributed by atoms with E-state index in [1.54, 1.807) is 6.20 Å². The van der Waals surface area contributed by atoms with Crippen molar-refractivity contribution in [3.63, 3.8) is 0 Å². The quantitative estimate of drug-likeness (QED) is 0.647. The third-order valence-corrected chi connectivity index (χ3v) is 4.18. The molecule has 2 nitrogen and oxygen atoms in total. The highest BCUT2D eigenvalue weighted by atomic mass is 79.9. The number of pyridine rings is 1. The van der Waals surface area contributed by atoms with Gasteiger partial charge in [-0.25, -0.2) is 0 Å². The zero-order chi connectivity index (χ0) is 14.1. The average Bonchev–Trinajstić information content (AvgIpc) is 2.49. The van der Waals surface area contributed by atoms with Crippen molar-refractivity contribution in [2.45, 2.75) is 6.92 Å². The van der Waals surface area contributed by atoms with Gasteiger partial charge in [0, 0.05) is 27.2 Å². The lowest BCUT2D eigenvalue weighted by Gasteiger charge is -2.05. The Kier molecular flexibility index (Phi) is 3.36. The van der Waals surface area contributed by atoms with Gasteiger partial charge >= 0.3 is 0 Å². The number of nitrogens with zero attached hydrogens (tertiary/aromatic N) is 1. The first-order valence-corrected chi connectivity index (χ1v) is 7.10. The molecule has 3 heteroatoms. The SMILES string of the molecule is Cc1cc(C(=O)c2ccc3cccnc3c2)ccc1Br. The molecule has 3 rings (SSSR count). The van der Waals surface area contributed by atoms with Crippen LogP contribution in [0, 0.1) is 6.92 Å². The molecule has 0 unspecified atom stereocenters. The van der Waals surface area contributed by atoms with Gasteiger partial charge in [0.1, 0.15) is 0 Å². The fourth-order valence-electron chi connectivity index (χ4n) is 2.16. The van der Waals surface area contributed by atoms with Crippen molar-refractivity contribution < 1.29 is 4.79 Å². The third-order valence-electron chi connectivity index (χ3n) is 3.29. The number of carbonyl (C=O) groups is 1. The molecule has 0 fully saturated rings. The minimum Gasteiger partial charge on any atom is -0.289 e. The van der Waals surface area contributed by atoms with E-state index in [0.29, 0.717) is 11.1 Å². The van der Waals surface area contributed by atoms with E-state index in [0.717, 1.165) is 20.9 Å². The van der Waals surface area contributed by atoms with Gasteiger partial charge in [-0.1, -0.05) is 34.1 Å². The van der Waals surface area contributed by atoms with Gasteiger partial charge in [-0.3, -0.25) is 9.78 Å². The topological polar surface area (TPSA) is 30.0 Å². The summed E-state index contributed by atoms with van der Waals surface area (Å²) in [4.78, 5) is 16.8. The summed E-state index contributed by atoms with van der Waals surface area (Å²) < 4.78 is 1.01. The number of carbonyl (C=O) groups excluding carboxylic acids is 1. The number of hydrogen-bond acceptors (Lipinski definition) is 2. The maximum atomic E-state index is 12.5. The normalized spacial score (nSPS) is 10.7. The molecule has 2 aromatic carbocycles. The van der Waals surface area contributed by atoms with E-state index in [4.69, 9.17) is 0 Å². The number of benzene rings is 2. The Hall–Kier alpha value is -2.00. The maximum Gasteiger partial charge on any atom is 0.193 e. The number of halogens is 1. The Morgan fingerprint density at radius 1 is 1.05 bits per heavy atom. The average molecular weight is 326 g/mol. The zero-order valence-corrected chi connectivity index (χ0v) is 12.5. The van der Waals surface area contributed by atoms with Gasteiger partial charge in [0.25, 0.3) is 0 Å². The minimum atomic E-state index is 0.0214. The molecule has 0 N–H and O–H groups in total. The number of aromatic nitrogens is 1. The van der Waals surface area contributed by atoms with Gasteiger partial charge in [-0.05, 0) is 42.8 Å². The molecule has 0 aliphatic carbocycles. The molecule has 0 amide bonds. The largest absolute Gasteiger partial charge is 0.289 e. The maximum absolute atomic E-state index is 12.5. The van der Waals surface area contributed by atoms with E-state index < -0.39 is 0 Å². The summed E-state index contributed by atoms with van der Waals surface area (Å²) >= 11 is 3.45. The first-order valence-electron chi connectivity index (χ1n) is 6.31. The van der Waals surface area contributed by atoms with E-state index in [1.165, 1.54) is 0 Å². The van der Waals surface area contributed by atoms with Crippen molar-refractivity contribution >= 4 is 32.6 Å². The van der Waals surface area contributed by atoms with Crippen LogP contribution in [0.1, 0.15) is 21.5 Å². The van der Waals surface area contributed by atoms with Gasteiger partial charge in [-0.2, -0.15) is 0 Å². The van der Waals surface area contributed by atoms with Crippen LogP contribution < -0.4 is 0 Å². The molecule has 0 aliphatic rings. The fourth-order valence-corrected chi connectivity index (χ4v) is 2.41. The van der Waals surface area contributed by atoms with Crippen LogP contribution in [-0.2, 0) is 0 Å². The zero-order valence-electron chi connectivity index (χ0n) is 10.9. The first-order chi connectivity index (χ1) is 9.65. The second-order valence-electron chi connectivity index (χ2n) is 4.70. The summed E-state index contributed by atoms with van der Waals surface area (Å²) in [6.07, 6.45) is 1.74. The van der Waals surface area contributed by atoms with Crippen LogP contribution in [0.3, 0.4) is 0 Å². The van der Waals surface area contributed by atoms with Gasteiger partial charge in [0.2, 0.25) is 0 Å². The van der Waals surface area contributed by atoms with Crippen molar-refractivity contribution in [1.29, 1.82) is 0 Å². The van der Waals surface area contributed by atoms with Crippen molar-refractivity contribution in [2.24, 2.45) is 0 Å². The van der Waals surface area contributed by atoms with Crippen LogP contribution in [0.25, 0.3) is 10.9 Å². The molecule has 3 aromatic rings. The van der Waals surface area contributed by atoms with Gasteiger partial charge in [0.15, 0.2) is 5.78 Å². The molecule has 0 spiro atoms. The minimum absolute atomic E-state index is 0.0214. The molecule has 1 aromatic heterocycles. The molecular weight excluding hydrogens is 314 g/mol. The van der Waals surface area contributed by atoms with E-state index in [-0.39, 0.29) is 5.78 Å². The molecule has 0 saturated heterocycles. The Morgan fingerprint density at radius 3 is 2.60 bits per heavy atom. The molecule has 0 aliphatic heterocycles. The lowest BCUT2D eigenvalue weighted by Crippen LogP contribution is -2.01. The molecule has 0 saturated carbocycles. The second-order valence-corrected chi connectivity index (χ2v) is 5.56. The fraction of sp³-hybridized carbons (Fsp3) is 0.0588. The van der Waals surface area contributed by atoms with Crippen LogP contribution >= 0.6 is 15.9 Å². The first kappa shape index (κ1) is 13.0. The van der Waals surface area contributed by atoms with Gasteiger partial charge in [0.05, 0.1) is 5.52 Å². The summed E-state index contributed by atoms with van der Waals surface area (Å²) in [6.45, 7) is 1.98. The van der Waals surface area contributed by atoms with Crippen molar-refractivity contribution in [3.05, 3.63) is 75.9 Å². The van der Waals surface area contributed by atoms with Gasteiger partial charge < -0.3 is 0 Å². The molecule has 0 radical (unpaired) electrons. The standard InChI is InChI=1S/C17H12BrNO/c1-11-9-13(6-7-15(11)18)17(20)14-5-4-12-3-2-8-19-16(12)10-14/h2-10H,1H3. The van der Waals surface area contributed by atoms with Crippen LogP contribution in [0.2, 0.25) is 0 Å². The van der Waals surface area contributed by atoms with Crippen LogP contribution in [0.4, 0.5) is 0 Å². The molecule has 20 heavy (non-hydrogen) atoms. The van der Waals surface area contributed by atoms with Gasteiger partial charge in [-0.15, -0.1) is 0 Å². The lowest BCUT2D eigenvalue weighted by molar-refractivity contribution is 0.103. The summed E-state index contributed by atoms with van der Waals surface area (Å²) in [5.41, 5.74) is 3.25. The Morgan fingerprint density at radius 2 is 1.80 bits per heavy atom. The predicted octanol–water partition coefficient (Wildman–Crippen LogP) is 4.54. The number of rotatable bonds is 2. The molecular formula is C17H12BrNO. The lowest BCUT2D eigenvalue weighted by atomic mass is 10.0. The van der Waals surface area contributed by atoms with Crippen molar-refractivity contribution in [2.75, 3.05) is 0 Å². The molecule has 98 valence electrons. The van der Waals surface area contributed by atoms with E-state index >= 15 is 0 Å². The monoisotopic (exact) mass is 325 g/mol. The summed E-state index contributed by atoms with van der Waals surface area (Å²) in [5.74, 6) is 0.0214. The summed E-state index contributed by atoms with van der Waals surface area (Å²) in [5, 5.41) is 1.04. The van der Waals surface area contributed by atoms with Crippen LogP contribution in [-0.4, -0.2) is 10.8 Å². The smallest absolute Gasteiger partial charge is 0.193 e. The predicted molar refractivity (Wildman–Crippen MR) is 84.1 cm³/mol.